The second kappa shape index (κ2) is 7.91. The van der Waals surface area contributed by atoms with Gasteiger partial charge in [-0.05, 0) is 44.7 Å². The van der Waals surface area contributed by atoms with Crippen LogP contribution < -0.4 is 4.90 Å². The lowest BCUT2D eigenvalue weighted by Crippen LogP contribution is -2.44. The van der Waals surface area contributed by atoms with Crippen LogP contribution in [0.25, 0.3) is 11.2 Å². The molecule has 0 spiro atoms. The molecule has 8 nitrogen and oxygen atoms in total. The third-order valence-corrected chi connectivity index (χ3v) is 6.42. The number of rotatable bonds is 4. The summed E-state index contributed by atoms with van der Waals surface area (Å²) in [6.07, 6.45) is 7.63. The molecule has 1 amide bonds. The van der Waals surface area contributed by atoms with Crippen molar-refractivity contribution in [3.63, 3.8) is 0 Å². The minimum atomic E-state index is -0.0763. The van der Waals surface area contributed by atoms with Gasteiger partial charge in [-0.1, -0.05) is 11.6 Å². The highest BCUT2D eigenvalue weighted by molar-refractivity contribution is 6.30. The lowest BCUT2D eigenvalue weighted by atomic mass is 9.96. The maximum atomic E-state index is 12.8. The number of anilines is 1. The second-order valence-electron chi connectivity index (χ2n) is 8.29. The first-order valence-corrected chi connectivity index (χ1v) is 11.1. The third-order valence-electron chi connectivity index (χ3n) is 6.22. The van der Waals surface area contributed by atoms with Gasteiger partial charge in [0.1, 0.15) is 17.7 Å². The maximum absolute atomic E-state index is 12.8. The molecule has 9 heteroatoms. The lowest BCUT2D eigenvalue weighted by molar-refractivity contribution is -0.134. The minimum Gasteiger partial charge on any atom is -0.356 e. The molecule has 5 rings (SSSR count). The number of fused-ring (bicyclic) bond motifs is 1. The number of aromatic amines is 1. The van der Waals surface area contributed by atoms with Crippen LogP contribution in [0.15, 0.2) is 24.5 Å². The van der Waals surface area contributed by atoms with Crippen LogP contribution in [0.1, 0.15) is 44.5 Å². The maximum Gasteiger partial charge on any atom is 0.227 e. The molecule has 2 aliphatic rings. The number of halogens is 1. The van der Waals surface area contributed by atoms with Gasteiger partial charge in [-0.25, -0.2) is 9.97 Å². The number of nitrogens with zero attached hydrogens (tertiary/aromatic N) is 6. The Bertz CT molecular complexity index is 1050. The first-order chi connectivity index (χ1) is 14.6. The molecular formula is C21H26ClN7O. The first kappa shape index (κ1) is 19.4. The number of nitrogens with one attached hydrogen (secondary N) is 1. The van der Waals surface area contributed by atoms with E-state index >= 15 is 0 Å². The molecule has 1 N–H and O–H groups in total. The Balaban J connectivity index is 1.35. The van der Waals surface area contributed by atoms with Crippen LogP contribution in [0.5, 0.6) is 0 Å². The van der Waals surface area contributed by atoms with Gasteiger partial charge in [-0.3, -0.25) is 9.48 Å². The normalized spacial score (nSPS) is 20.8. The van der Waals surface area contributed by atoms with Crippen LogP contribution in [0.3, 0.4) is 0 Å². The number of carbonyl (C=O) groups is 1. The molecule has 0 aromatic carbocycles. The first-order valence-electron chi connectivity index (χ1n) is 10.7. The van der Waals surface area contributed by atoms with Gasteiger partial charge in [0.25, 0.3) is 0 Å². The molecular weight excluding hydrogens is 402 g/mol. The van der Waals surface area contributed by atoms with Crippen molar-refractivity contribution < 1.29 is 4.79 Å². The van der Waals surface area contributed by atoms with Crippen LogP contribution in [0.4, 0.5) is 5.82 Å². The standard InChI is InChI=1S/C21H26ClN7O/c1-14(29-13-16(22)11-23-29)19-24-17-6-7-18(25-20(17)26-19)28-10-4-5-15(12-28)21(30)27-8-2-3-9-27/h6-7,11,13-15H,2-5,8-10,12H2,1H3,(H,24,25,26)/t14-,15?/m1/s1. The van der Waals surface area contributed by atoms with Crippen LogP contribution in [0, 0.1) is 5.92 Å². The number of imidazole rings is 1. The fraction of sp³-hybridized carbons (Fsp3) is 0.524. The summed E-state index contributed by atoms with van der Waals surface area (Å²) in [7, 11) is 0. The van der Waals surface area contributed by atoms with Crippen molar-refractivity contribution in [2.24, 2.45) is 5.92 Å². The van der Waals surface area contributed by atoms with Crippen LogP contribution >= 0.6 is 11.6 Å². The molecule has 3 aromatic rings. The molecule has 0 aliphatic carbocycles. The third kappa shape index (κ3) is 3.64. The number of H-pyrrole nitrogens is 1. The molecule has 2 saturated heterocycles. The zero-order chi connectivity index (χ0) is 20.7. The van der Waals surface area contributed by atoms with Gasteiger partial charge in [-0.2, -0.15) is 5.10 Å². The number of aromatic nitrogens is 5. The highest BCUT2D eigenvalue weighted by atomic mass is 35.5. The topological polar surface area (TPSA) is 82.9 Å². The van der Waals surface area contributed by atoms with Crippen molar-refractivity contribution in [1.29, 1.82) is 0 Å². The van der Waals surface area contributed by atoms with Crippen LogP contribution in [-0.4, -0.2) is 61.7 Å². The van der Waals surface area contributed by atoms with E-state index in [2.05, 4.69) is 15.0 Å². The summed E-state index contributed by atoms with van der Waals surface area (Å²) in [4.78, 5) is 29.9. The molecule has 1 unspecified atom stereocenters. The fourth-order valence-corrected chi connectivity index (χ4v) is 4.65. The summed E-state index contributed by atoms with van der Waals surface area (Å²) in [5, 5.41) is 4.87. The van der Waals surface area contributed by atoms with Crippen molar-refractivity contribution in [2.45, 2.75) is 38.6 Å². The summed E-state index contributed by atoms with van der Waals surface area (Å²) in [5.41, 5.74) is 1.57. The van der Waals surface area contributed by atoms with Gasteiger partial charge in [-0.15, -0.1) is 0 Å². The van der Waals surface area contributed by atoms with Crippen molar-refractivity contribution in [3.05, 3.63) is 35.4 Å². The number of carbonyl (C=O) groups excluding carboxylic acids is 1. The molecule has 3 aromatic heterocycles. The Labute approximate surface area is 180 Å². The van der Waals surface area contributed by atoms with E-state index in [1.54, 1.807) is 17.1 Å². The molecule has 2 atom stereocenters. The molecule has 0 radical (unpaired) electrons. The van der Waals surface area contributed by atoms with Gasteiger partial charge < -0.3 is 14.8 Å². The smallest absolute Gasteiger partial charge is 0.227 e. The number of amides is 1. The van der Waals surface area contributed by atoms with Gasteiger partial charge in [0.15, 0.2) is 5.65 Å². The van der Waals surface area contributed by atoms with E-state index in [0.29, 0.717) is 16.6 Å². The molecule has 0 saturated carbocycles. The van der Waals surface area contributed by atoms with Gasteiger partial charge in [0, 0.05) is 32.4 Å². The quantitative estimate of drug-likeness (QED) is 0.691. The Morgan fingerprint density at radius 1 is 1.20 bits per heavy atom. The molecule has 2 fully saturated rings. The number of piperidine rings is 1. The summed E-state index contributed by atoms with van der Waals surface area (Å²) in [6, 6.07) is 3.96. The van der Waals surface area contributed by atoms with E-state index in [4.69, 9.17) is 21.6 Å². The monoisotopic (exact) mass is 427 g/mol. The van der Waals surface area contributed by atoms with E-state index in [1.165, 1.54) is 0 Å². The number of likely N-dealkylation sites (tertiary alicyclic amines) is 1. The molecule has 0 bridgehead atoms. The average molecular weight is 428 g/mol. The Morgan fingerprint density at radius 3 is 2.80 bits per heavy atom. The average Bonchev–Trinajstić information content (AvgIpc) is 3.52. The van der Waals surface area contributed by atoms with Crippen molar-refractivity contribution in [1.82, 2.24) is 29.6 Å². The predicted molar refractivity (Wildman–Crippen MR) is 116 cm³/mol. The van der Waals surface area contributed by atoms with Crippen molar-refractivity contribution in [2.75, 3.05) is 31.1 Å². The fourth-order valence-electron chi connectivity index (χ4n) is 4.51. The number of pyridine rings is 1. The van der Waals surface area contributed by atoms with E-state index in [0.717, 1.165) is 69.0 Å². The minimum absolute atomic E-state index is 0.0636. The number of hydrogen-bond acceptors (Lipinski definition) is 5. The van der Waals surface area contributed by atoms with E-state index in [-0.39, 0.29) is 12.0 Å². The predicted octanol–water partition coefficient (Wildman–Crippen LogP) is 3.26. The molecule has 158 valence electrons. The van der Waals surface area contributed by atoms with E-state index < -0.39 is 0 Å². The van der Waals surface area contributed by atoms with Gasteiger partial charge >= 0.3 is 0 Å². The molecule has 30 heavy (non-hydrogen) atoms. The van der Waals surface area contributed by atoms with Crippen molar-refractivity contribution in [3.8, 4) is 0 Å². The van der Waals surface area contributed by atoms with Crippen LogP contribution in [-0.2, 0) is 4.79 Å². The zero-order valence-electron chi connectivity index (χ0n) is 17.1. The highest BCUT2D eigenvalue weighted by Gasteiger charge is 2.31. The zero-order valence-corrected chi connectivity index (χ0v) is 17.8. The lowest BCUT2D eigenvalue weighted by Gasteiger charge is -2.34. The Kier molecular flexibility index (Phi) is 5.10. The van der Waals surface area contributed by atoms with Crippen molar-refractivity contribution >= 4 is 34.5 Å². The summed E-state index contributed by atoms with van der Waals surface area (Å²) in [5.74, 6) is 2.05. The van der Waals surface area contributed by atoms with E-state index in [1.807, 2.05) is 24.0 Å². The molecule has 2 aliphatic heterocycles. The summed E-state index contributed by atoms with van der Waals surface area (Å²) >= 11 is 5.99. The van der Waals surface area contributed by atoms with Gasteiger partial charge in [0.05, 0.1) is 22.7 Å². The largest absolute Gasteiger partial charge is 0.356 e. The van der Waals surface area contributed by atoms with E-state index in [9.17, 15) is 4.79 Å². The van der Waals surface area contributed by atoms with Crippen LogP contribution in [0.2, 0.25) is 5.02 Å². The highest BCUT2D eigenvalue weighted by Crippen LogP contribution is 2.26. The summed E-state index contributed by atoms with van der Waals surface area (Å²) in [6.45, 7) is 5.49. The summed E-state index contributed by atoms with van der Waals surface area (Å²) < 4.78 is 1.78. The second-order valence-corrected chi connectivity index (χ2v) is 8.73. The molecule has 5 heterocycles. The Hall–Kier alpha value is -2.61. The Morgan fingerprint density at radius 2 is 2.03 bits per heavy atom. The SMILES string of the molecule is C[C@H](c1nc2nc(N3CCCC(C(=O)N4CCCC4)C3)ccc2[nH]1)n1cc(Cl)cn1. The number of hydrogen-bond donors (Lipinski definition) is 1. The van der Waals surface area contributed by atoms with Gasteiger partial charge in [0.2, 0.25) is 5.91 Å².